The van der Waals surface area contributed by atoms with Gasteiger partial charge in [-0.2, -0.15) is 0 Å². The number of esters is 4. The fourth-order valence-corrected chi connectivity index (χ4v) is 5.13. The number of aliphatic carboxylic acids is 1. The summed E-state index contributed by atoms with van der Waals surface area (Å²) in [6, 6.07) is -0.943. The molecule has 1 rings (SSSR count). The van der Waals surface area contributed by atoms with E-state index in [2.05, 4.69) is 0 Å². The van der Waals surface area contributed by atoms with Crippen LogP contribution in [0.3, 0.4) is 0 Å². The minimum Gasteiger partial charge on any atom is -0.481 e. The van der Waals surface area contributed by atoms with E-state index in [1.54, 1.807) is 88.0 Å². The summed E-state index contributed by atoms with van der Waals surface area (Å²) < 4.78 is 22.5. The van der Waals surface area contributed by atoms with Gasteiger partial charge in [0.2, 0.25) is 0 Å². The number of carboxylic acids is 1. The Bertz CT molecular complexity index is 1050. The fourth-order valence-electron chi connectivity index (χ4n) is 5.13. The lowest BCUT2D eigenvalue weighted by Gasteiger charge is -2.44. The summed E-state index contributed by atoms with van der Waals surface area (Å²) in [6.45, 7) is 23.1. The molecule has 2 unspecified atom stereocenters. The monoisotopic (exact) mass is 657 g/mol. The number of nitrogens with zero attached hydrogens (tertiary/aromatic N) is 3. The molecule has 0 bridgehead atoms. The van der Waals surface area contributed by atoms with Crippen LogP contribution >= 0.6 is 0 Å². The van der Waals surface area contributed by atoms with E-state index in [-0.39, 0.29) is 52.1 Å². The molecule has 0 aromatic heterocycles. The summed E-state index contributed by atoms with van der Waals surface area (Å²) in [5, 5.41) is 9.50. The maximum atomic E-state index is 13.5. The summed E-state index contributed by atoms with van der Waals surface area (Å²) in [4.78, 5) is 69.9. The largest absolute Gasteiger partial charge is 0.481 e. The molecule has 0 aliphatic carbocycles. The molecule has 1 aliphatic rings. The Morgan fingerprint density at radius 1 is 0.696 bits per heavy atom. The van der Waals surface area contributed by atoms with Crippen molar-refractivity contribution >= 4 is 29.8 Å². The Hall–Kier alpha value is -2.77. The maximum absolute atomic E-state index is 13.5. The van der Waals surface area contributed by atoms with Crippen molar-refractivity contribution in [1.29, 1.82) is 0 Å². The van der Waals surface area contributed by atoms with Crippen molar-refractivity contribution in [2.45, 2.75) is 137 Å². The van der Waals surface area contributed by atoms with Crippen molar-refractivity contribution in [3.63, 3.8) is 0 Å². The molecule has 1 aliphatic heterocycles. The van der Waals surface area contributed by atoms with Crippen molar-refractivity contribution in [2.75, 3.05) is 45.8 Å². The zero-order valence-electron chi connectivity index (χ0n) is 30.4. The SMILES string of the molecule is CC(C)(C)OC(=O)CN1CCN(C(CCC(=O)O)C(=O)OC(C)(C)C)CC(C)(N(CC(=O)OC(C)(C)C)CC(=O)OC(C)(C)C)C1. The third-order valence-electron chi connectivity index (χ3n) is 6.58. The molecule has 0 saturated carbocycles. The predicted molar refractivity (Wildman–Crippen MR) is 172 cm³/mol. The summed E-state index contributed by atoms with van der Waals surface area (Å²) in [6.07, 6.45) is -0.303. The van der Waals surface area contributed by atoms with Gasteiger partial charge in [0.05, 0.1) is 19.6 Å². The molecular weight excluding hydrogens is 598 g/mol. The van der Waals surface area contributed by atoms with Gasteiger partial charge < -0.3 is 24.1 Å². The minimum atomic E-state index is -1.06. The van der Waals surface area contributed by atoms with Crippen LogP contribution in [0, 0.1) is 0 Å². The standard InChI is InChI=1S/C33H59N3O10/c1-29(2,3)43-25(39)18-34-16-17-35(23(14-15-24(37)38)28(42)46-32(10,11)12)22-33(13,21-34)36(19-26(40)44-30(4,5)6)20-27(41)45-31(7,8)9/h23H,14-22H2,1-13H3,(H,37,38). The van der Waals surface area contributed by atoms with Crippen LogP contribution in [0.1, 0.15) is 103 Å². The molecular formula is C33H59N3O10. The first kappa shape index (κ1) is 41.3. The van der Waals surface area contributed by atoms with E-state index in [1.165, 1.54) is 0 Å². The van der Waals surface area contributed by atoms with Crippen LogP contribution in [0.15, 0.2) is 0 Å². The Morgan fingerprint density at radius 2 is 1.13 bits per heavy atom. The van der Waals surface area contributed by atoms with Gasteiger partial charge in [-0.05, 0) is 96.4 Å². The van der Waals surface area contributed by atoms with E-state index < -0.39 is 63.8 Å². The smallest absolute Gasteiger partial charge is 0.323 e. The highest BCUT2D eigenvalue weighted by molar-refractivity contribution is 5.78. The second-order valence-corrected chi connectivity index (χ2v) is 16.3. The fraction of sp³-hybridized carbons (Fsp3) is 0.848. The van der Waals surface area contributed by atoms with Gasteiger partial charge in [0, 0.05) is 38.1 Å². The first-order valence-electron chi connectivity index (χ1n) is 15.9. The van der Waals surface area contributed by atoms with Gasteiger partial charge in [-0.1, -0.05) is 0 Å². The zero-order chi connectivity index (χ0) is 35.9. The van der Waals surface area contributed by atoms with Gasteiger partial charge in [-0.25, -0.2) is 0 Å². The van der Waals surface area contributed by atoms with E-state index in [1.807, 2.05) is 16.7 Å². The lowest BCUT2D eigenvalue weighted by molar-refractivity contribution is -0.167. The average molecular weight is 658 g/mol. The molecule has 266 valence electrons. The molecule has 13 heteroatoms. The summed E-state index contributed by atoms with van der Waals surface area (Å²) >= 11 is 0. The van der Waals surface area contributed by atoms with Gasteiger partial charge in [0.15, 0.2) is 0 Å². The maximum Gasteiger partial charge on any atom is 0.323 e. The van der Waals surface area contributed by atoms with Crippen LogP contribution in [-0.2, 0) is 42.9 Å². The average Bonchev–Trinajstić information content (AvgIpc) is 2.92. The van der Waals surface area contributed by atoms with Crippen molar-refractivity contribution in [1.82, 2.24) is 14.7 Å². The van der Waals surface area contributed by atoms with Gasteiger partial charge in [0.25, 0.3) is 0 Å². The molecule has 13 nitrogen and oxygen atoms in total. The Morgan fingerprint density at radius 3 is 1.54 bits per heavy atom. The molecule has 0 amide bonds. The van der Waals surface area contributed by atoms with E-state index >= 15 is 0 Å². The Balaban J connectivity index is 3.69. The first-order chi connectivity index (χ1) is 20.6. The van der Waals surface area contributed by atoms with Crippen LogP contribution in [0.5, 0.6) is 0 Å². The van der Waals surface area contributed by atoms with E-state index in [0.717, 1.165) is 0 Å². The summed E-state index contributed by atoms with van der Waals surface area (Å²) in [7, 11) is 0. The Kier molecular flexibility index (Phi) is 14.2. The van der Waals surface area contributed by atoms with Crippen molar-refractivity contribution in [2.24, 2.45) is 0 Å². The normalized spacial score (nSPS) is 19.6. The highest BCUT2D eigenvalue weighted by atomic mass is 16.6. The molecule has 1 heterocycles. The quantitative estimate of drug-likeness (QED) is 0.242. The molecule has 0 radical (unpaired) electrons. The molecule has 1 saturated heterocycles. The number of carbonyl (C=O) groups is 5. The molecule has 2 atom stereocenters. The summed E-state index contributed by atoms with van der Waals surface area (Å²) in [5.41, 5.74) is -4.15. The second kappa shape index (κ2) is 15.9. The molecule has 0 aromatic rings. The zero-order valence-corrected chi connectivity index (χ0v) is 30.4. The van der Waals surface area contributed by atoms with Gasteiger partial charge >= 0.3 is 29.8 Å². The molecule has 0 spiro atoms. The predicted octanol–water partition coefficient (Wildman–Crippen LogP) is 3.26. The van der Waals surface area contributed by atoms with Crippen LogP contribution in [-0.4, -0.2) is 129 Å². The number of carbonyl (C=O) groups excluding carboxylic acids is 4. The highest BCUT2D eigenvalue weighted by Gasteiger charge is 2.44. The van der Waals surface area contributed by atoms with Crippen molar-refractivity contribution in [3.05, 3.63) is 0 Å². The number of hydrogen-bond donors (Lipinski definition) is 1. The van der Waals surface area contributed by atoms with Crippen molar-refractivity contribution < 1.29 is 48.0 Å². The second-order valence-electron chi connectivity index (χ2n) is 16.3. The Labute approximate surface area is 275 Å². The van der Waals surface area contributed by atoms with E-state index in [0.29, 0.717) is 6.54 Å². The molecule has 46 heavy (non-hydrogen) atoms. The number of ether oxygens (including phenoxy) is 4. The van der Waals surface area contributed by atoms with Gasteiger partial charge in [-0.3, -0.25) is 38.7 Å². The van der Waals surface area contributed by atoms with E-state index in [9.17, 15) is 29.1 Å². The van der Waals surface area contributed by atoms with Crippen LogP contribution in [0.25, 0.3) is 0 Å². The number of rotatable bonds is 12. The minimum absolute atomic E-state index is 0.0233. The molecule has 0 aromatic carbocycles. The van der Waals surface area contributed by atoms with Gasteiger partial charge in [-0.15, -0.1) is 0 Å². The molecule has 1 N–H and O–H groups in total. The third-order valence-corrected chi connectivity index (χ3v) is 6.58. The summed E-state index contributed by atoms with van der Waals surface area (Å²) in [5.74, 6) is -3.23. The van der Waals surface area contributed by atoms with Gasteiger partial charge in [0.1, 0.15) is 28.4 Å². The first-order valence-corrected chi connectivity index (χ1v) is 15.9. The molecule has 1 fully saturated rings. The van der Waals surface area contributed by atoms with E-state index in [4.69, 9.17) is 18.9 Å². The number of carboxylic acid groups (broad SMARTS) is 1. The van der Waals surface area contributed by atoms with Crippen LogP contribution < -0.4 is 0 Å². The highest BCUT2D eigenvalue weighted by Crippen LogP contribution is 2.27. The number of hydrogen-bond acceptors (Lipinski definition) is 12. The lowest BCUT2D eigenvalue weighted by atomic mass is 9.96. The topological polar surface area (TPSA) is 152 Å². The third kappa shape index (κ3) is 16.7. The van der Waals surface area contributed by atoms with Crippen LogP contribution in [0.2, 0.25) is 0 Å². The van der Waals surface area contributed by atoms with Crippen LogP contribution in [0.4, 0.5) is 0 Å². The lowest BCUT2D eigenvalue weighted by Crippen LogP contribution is -2.62. The van der Waals surface area contributed by atoms with Crippen molar-refractivity contribution in [3.8, 4) is 0 Å².